The third-order valence-corrected chi connectivity index (χ3v) is 7.47. The quantitative estimate of drug-likeness (QED) is 0.261. The van der Waals surface area contributed by atoms with E-state index in [1.54, 1.807) is 0 Å². The van der Waals surface area contributed by atoms with E-state index in [9.17, 15) is 0 Å². The van der Waals surface area contributed by atoms with Crippen LogP contribution in [0.25, 0.3) is 33.1 Å². The molecular formula is C33H25NO. The van der Waals surface area contributed by atoms with Crippen molar-refractivity contribution < 1.29 is 4.42 Å². The average Bonchev–Trinajstić information content (AvgIpc) is 3.27. The van der Waals surface area contributed by atoms with Crippen LogP contribution in [0, 0.1) is 0 Å². The van der Waals surface area contributed by atoms with Gasteiger partial charge in [0.05, 0.1) is 11.4 Å². The summed E-state index contributed by atoms with van der Waals surface area (Å²) in [6, 6.07) is 41.2. The molecule has 0 saturated carbocycles. The second-order valence-electron chi connectivity index (χ2n) is 9.85. The molecule has 0 amide bonds. The molecule has 6 aromatic rings. The van der Waals surface area contributed by atoms with Gasteiger partial charge in [-0.05, 0) is 64.7 Å². The number of anilines is 3. The predicted molar refractivity (Wildman–Crippen MR) is 146 cm³/mol. The van der Waals surface area contributed by atoms with Gasteiger partial charge in [-0.15, -0.1) is 0 Å². The maximum atomic E-state index is 6.02. The van der Waals surface area contributed by atoms with Gasteiger partial charge in [0, 0.05) is 21.9 Å². The maximum absolute atomic E-state index is 6.02. The highest BCUT2D eigenvalue weighted by molar-refractivity contribution is 6.06. The Bertz CT molecular complexity index is 1670. The van der Waals surface area contributed by atoms with Crippen LogP contribution in [-0.2, 0) is 5.41 Å². The third-order valence-electron chi connectivity index (χ3n) is 7.47. The van der Waals surface area contributed by atoms with Crippen molar-refractivity contribution in [3.8, 4) is 11.1 Å². The van der Waals surface area contributed by atoms with E-state index >= 15 is 0 Å². The number of hydrogen-bond donors (Lipinski definition) is 0. The van der Waals surface area contributed by atoms with Gasteiger partial charge in [-0.25, -0.2) is 0 Å². The Kier molecular flexibility index (Phi) is 4.22. The SMILES string of the molecule is CC1(C)c2ccccc2N(c2ccc(-c3ccc4oc5ccccc5c4c3)cc2)c2ccccc21. The predicted octanol–water partition coefficient (Wildman–Crippen LogP) is 9.36. The van der Waals surface area contributed by atoms with Crippen LogP contribution in [0.4, 0.5) is 17.1 Å². The van der Waals surface area contributed by atoms with Crippen LogP contribution >= 0.6 is 0 Å². The molecular weight excluding hydrogens is 426 g/mol. The summed E-state index contributed by atoms with van der Waals surface area (Å²) in [6.45, 7) is 4.64. The Morgan fingerprint density at radius 2 is 1.11 bits per heavy atom. The average molecular weight is 452 g/mol. The van der Waals surface area contributed by atoms with Crippen LogP contribution in [-0.4, -0.2) is 0 Å². The van der Waals surface area contributed by atoms with Gasteiger partial charge >= 0.3 is 0 Å². The molecule has 2 nitrogen and oxygen atoms in total. The van der Waals surface area contributed by atoms with Gasteiger partial charge < -0.3 is 9.32 Å². The highest BCUT2D eigenvalue weighted by Gasteiger charge is 2.36. The Morgan fingerprint density at radius 3 is 1.83 bits per heavy atom. The molecule has 168 valence electrons. The summed E-state index contributed by atoms with van der Waals surface area (Å²) < 4.78 is 6.02. The van der Waals surface area contributed by atoms with Crippen LogP contribution < -0.4 is 4.90 Å². The number of para-hydroxylation sites is 3. The van der Waals surface area contributed by atoms with Crippen LogP contribution in [0.1, 0.15) is 25.0 Å². The smallest absolute Gasteiger partial charge is 0.135 e. The summed E-state index contributed by atoms with van der Waals surface area (Å²) in [6.07, 6.45) is 0. The van der Waals surface area contributed by atoms with E-state index in [1.165, 1.54) is 39.3 Å². The zero-order valence-corrected chi connectivity index (χ0v) is 19.8. The minimum absolute atomic E-state index is 0.0492. The molecule has 7 rings (SSSR count). The van der Waals surface area contributed by atoms with Gasteiger partial charge in [-0.3, -0.25) is 0 Å². The van der Waals surface area contributed by atoms with Crippen molar-refractivity contribution in [2.24, 2.45) is 0 Å². The minimum Gasteiger partial charge on any atom is -0.456 e. The fourth-order valence-electron chi connectivity index (χ4n) is 5.66. The van der Waals surface area contributed by atoms with E-state index in [0.717, 1.165) is 21.9 Å². The van der Waals surface area contributed by atoms with Crippen molar-refractivity contribution in [3.05, 3.63) is 126 Å². The molecule has 2 heteroatoms. The Morgan fingerprint density at radius 1 is 0.543 bits per heavy atom. The van der Waals surface area contributed by atoms with E-state index in [-0.39, 0.29) is 5.41 Å². The standard InChI is InChI=1S/C33H25NO/c1-33(2)27-10-4-6-12-29(27)34(30-13-7-5-11-28(30)33)24-18-15-22(16-19-24)23-17-20-32-26(21-23)25-9-3-8-14-31(25)35-32/h3-21H,1-2H3. The zero-order valence-electron chi connectivity index (χ0n) is 19.8. The molecule has 0 unspecified atom stereocenters. The van der Waals surface area contributed by atoms with Crippen LogP contribution in [0.2, 0.25) is 0 Å². The minimum atomic E-state index is -0.0492. The second-order valence-corrected chi connectivity index (χ2v) is 9.85. The molecule has 2 heterocycles. The molecule has 0 bridgehead atoms. The molecule has 35 heavy (non-hydrogen) atoms. The van der Waals surface area contributed by atoms with Gasteiger partial charge in [-0.2, -0.15) is 0 Å². The number of furan rings is 1. The van der Waals surface area contributed by atoms with E-state index in [1.807, 2.05) is 12.1 Å². The topological polar surface area (TPSA) is 16.4 Å². The molecule has 1 aromatic heterocycles. The summed E-state index contributed by atoms with van der Waals surface area (Å²) >= 11 is 0. The van der Waals surface area contributed by atoms with E-state index < -0.39 is 0 Å². The largest absolute Gasteiger partial charge is 0.456 e. The summed E-state index contributed by atoms with van der Waals surface area (Å²) in [7, 11) is 0. The molecule has 0 radical (unpaired) electrons. The lowest BCUT2D eigenvalue weighted by Crippen LogP contribution is -2.30. The first kappa shape index (κ1) is 20.1. The fourth-order valence-corrected chi connectivity index (χ4v) is 5.66. The highest BCUT2D eigenvalue weighted by Crippen LogP contribution is 2.51. The lowest BCUT2D eigenvalue weighted by atomic mass is 9.73. The second kappa shape index (κ2) is 7.35. The van der Waals surface area contributed by atoms with Crippen molar-refractivity contribution in [3.63, 3.8) is 0 Å². The number of benzene rings is 5. The summed E-state index contributed by atoms with van der Waals surface area (Å²) in [5.41, 5.74) is 10.5. The molecule has 1 aliphatic heterocycles. The monoisotopic (exact) mass is 451 g/mol. The van der Waals surface area contributed by atoms with E-state index in [2.05, 4.69) is 122 Å². The third kappa shape index (κ3) is 2.96. The van der Waals surface area contributed by atoms with Crippen LogP contribution in [0.3, 0.4) is 0 Å². The van der Waals surface area contributed by atoms with Crippen molar-refractivity contribution in [2.75, 3.05) is 4.90 Å². The molecule has 0 aliphatic carbocycles. The lowest BCUT2D eigenvalue weighted by Gasteiger charge is -2.42. The van der Waals surface area contributed by atoms with E-state index in [0.29, 0.717) is 0 Å². The molecule has 0 N–H and O–H groups in total. The van der Waals surface area contributed by atoms with Crippen molar-refractivity contribution in [1.82, 2.24) is 0 Å². The van der Waals surface area contributed by atoms with Gasteiger partial charge in [0.25, 0.3) is 0 Å². The summed E-state index contributed by atoms with van der Waals surface area (Å²) in [5.74, 6) is 0. The molecule has 0 saturated heterocycles. The summed E-state index contributed by atoms with van der Waals surface area (Å²) in [4.78, 5) is 2.40. The fraction of sp³-hybridized carbons (Fsp3) is 0.0909. The number of fused-ring (bicyclic) bond motifs is 5. The van der Waals surface area contributed by atoms with Crippen molar-refractivity contribution in [1.29, 1.82) is 0 Å². The molecule has 0 atom stereocenters. The van der Waals surface area contributed by atoms with Gasteiger partial charge in [0.2, 0.25) is 0 Å². The highest BCUT2D eigenvalue weighted by atomic mass is 16.3. The number of rotatable bonds is 2. The number of hydrogen-bond acceptors (Lipinski definition) is 2. The normalized spacial score (nSPS) is 14.2. The lowest BCUT2D eigenvalue weighted by molar-refractivity contribution is 0.632. The maximum Gasteiger partial charge on any atom is 0.135 e. The molecule has 0 spiro atoms. The van der Waals surface area contributed by atoms with Crippen molar-refractivity contribution >= 4 is 39.0 Å². The van der Waals surface area contributed by atoms with Crippen molar-refractivity contribution in [2.45, 2.75) is 19.3 Å². The summed E-state index contributed by atoms with van der Waals surface area (Å²) in [5, 5.41) is 2.31. The first-order valence-corrected chi connectivity index (χ1v) is 12.1. The molecule has 5 aromatic carbocycles. The molecule has 1 aliphatic rings. The van der Waals surface area contributed by atoms with Gasteiger partial charge in [0.1, 0.15) is 11.2 Å². The Hall–Kier alpha value is -4.30. The van der Waals surface area contributed by atoms with Gasteiger partial charge in [0.15, 0.2) is 0 Å². The first-order valence-electron chi connectivity index (χ1n) is 12.1. The first-order chi connectivity index (χ1) is 17.1. The van der Waals surface area contributed by atoms with Gasteiger partial charge in [-0.1, -0.05) is 86.6 Å². The Labute approximate surface area is 205 Å². The van der Waals surface area contributed by atoms with E-state index in [4.69, 9.17) is 4.42 Å². The van der Waals surface area contributed by atoms with Crippen LogP contribution in [0.15, 0.2) is 120 Å². The van der Waals surface area contributed by atoms with Crippen LogP contribution in [0.5, 0.6) is 0 Å². The molecule has 0 fully saturated rings. The Balaban J connectivity index is 1.34. The zero-order chi connectivity index (χ0) is 23.6. The number of nitrogens with zero attached hydrogens (tertiary/aromatic N) is 1.